The molecule has 1 amide bonds. The van der Waals surface area contributed by atoms with E-state index in [4.69, 9.17) is 5.11 Å². The Morgan fingerprint density at radius 3 is 2.95 bits per heavy atom. The van der Waals surface area contributed by atoms with Crippen LogP contribution in [0.1, 0.15) is 19.8 Å². The van der Waals surface area contributed by atoms with Gasteiger partial charge >= 0.3 is 6.09 Å². The number of carbonyl (C=O) groups is 1. The Labute approximate surface area is 107 Å². The topological polar surface area (TPSA) is 116 Å². The van der Waals surface area contributed by atoms with E-state index in [2.05, 4.69) is 25.5 Å². The smallest absolute Gasteiger partial charge is 0.411 e. The highest BCUT2D eigenvalue weighted by atomic mass is 19.1. The molecule has 0 fully saturated rings. The SMILES string of the molecule is CCCCNc1nc(NC(=O)O)nc2c(F)n[nH]c12. The first kappa shape index (κ1) is 13.0. The average molecular weight is 268 g/mol. The number of hydrogen-bond acceptors (Lipinski definition) is 5. The van der Waals surface area contributed by atoms with Crippen molar-refractivity contribution in [2.45, 2.75) is 19.8 Å². The van der Waals surface area contributed by atoms with Gasteiger partial charge in [0.15, 0.2) is 11.3 Å². The number of fused-ring (bicyclic) bond motifs is 1. The second-order valence-electron chi connectivity index (χ2n) is 3.84. The molecule has 0 aliphatic heterocycles. The van der Waals surface area contributed by atoms with Crippen molar-refractivity contribution in [3.8, 4) is 0 Å². The summed E-state index contributed by atoms with van der Waals surface area (Å²) in [5.74, 6) is -0.678. The molecule has 102 valence electrons. The largest absolute Gasteiger partial charge is 0.465 e. The van der Waals surface area contributed by atoms with E-state index in [0.717, 1.165) is 12.8 Å². The van der Waals surface area contributed by atoms with Gasteiger partial charge < -0.3 is 10.4 Å². The molecule has 19 heavy (non-hydrogen) atoms. The summed E-state index contributed by atoms with van der Waals surface area (Å²) in [7, 11) is 0. The zero-order chi connectivity index (χ0) is 13.8. The first-order valence-electron chi connectivity index (χ1n) is 5.77. The lowest BCUT2D eigenvalue weighted by molar-refractivity contribution is 0.209. The summed E-state index contributed by atoms with van der Waals surface area (Å²) in [4.78, 5) is 18.3. The van der Waals surface area contributed by atoms with Gasteiger partial charge in [-0.05, 0) is 6.42 Å². The van der Waals surface area contributed by atoms with Gasteiger partial charge in [-0.15, -0.1) is 5.10 Å². The Bertz CT molecular complexity index is 599. The molecule has 2 aromatic heterocycles. The molecule has 0 radical (unpaired) electrons. The summed E-state index contributed by atoms with van der Waals surface area (Å²) in [6, 6.07) is 0. The third kappa shape index (κ3) is 2.87. The molecule has 0 spiro atoms. The quantitative estimate of drug-likeness (QED) is 0.614. The van der Waals surface area contributed by atoms with Crippen LogP contribution in [-0.2, 0) is 0 Å². The molecule has 0 unspecified atom stereocenters. The molecule has 0 aliphatic carbocycles. The van der Waals surface area contributed by atoms with Gasteiger partial charge in [0.2, 0.25) is 5.95 Å². The monoisotopic (exact) mass is 268 g/mol. The molecule has 8 nitrogen and oxygen atoms in total. The van der Waals surface area contributed by atoms with Crippen molar-refractivity contribution >= 4 is 28.9 Å². The summed E-state index contributed by atoms with van der Waals surface area (Å²) < 4.78 is 13.4. The van der Waals surface area contributed by atoms with E-state index in [1.165, 1.54) is 0 Å². The van der Waals surface area contributed by atoms with Crippen LogP contribution >= 0.6 is 0 Å². The van der Waals surface area contributed by atoms with E-state index < -0.39 is 12.0 Å². The second-order valence-corrected chi connectivity index (χ2v) is 3.84. The normalized spacial score (nSPS) is 10.6. The fourth-order valence-electron chi connectivity index (χ4n) is 1.54. The van der Waals surface area contributed by atoms with E-state index in [-0.39, 0.29) is 11.5 Å². The van der Waals surface area contributed by atoms with Crippen LogP contribution in [0.4, 0.5) is 21.0 Å². The van der Waals surface area contributed by atoms with Gasteiger partial charge in [-0.3, -0.25) is 10.4 Å². The highest BCUT2D eigenvalue weighted by molar-refractivity contribution is 5.88. The fourth-order valence-corrected chi connectivity index (χ4v) is 1.54. The van der Waals surface area contributed by atoms with Crippen LogP contribution in [0, 0.1) is 5.95 Å². The highest BCUT2D eigenvalue weighted by Gasteiger charge is 2.15. The number of hydrogen-bond donors (Lipinski definition) is 4. The van der Waals surface area contributed by atoms with Crippen molar-refractivity contribution in [1.29, 1.82) is 0 Å². The van der Waals surface area contributed by atoms with Crippen LogP contribution in [-0.4, -0.2) is 37.9 Å². The molecule has 2 rings (SSSR count). The molecule has 0 aliphatic rings. The van der Waals surface area contributed by atoms with E-state index in [1.54, 1.807) is 0 Å². The number of amides is 1. The van der Waals surface area contributed by atoms with Crippen LogP contribution in [0.3, 0.4) is 0 Å². The highest BCUT2D eigenvalue weighted by Crippen LogP contribution is 2.21. The standard InChI is InChI=1S/C10H13FN6O2/c1-2-3-4-12-8-6-5(7(11)17-16-6)13-9(14-8)15-10(18)19/h2-4H2,1H3,(H,16,17)(H,18,19)(H2,12,13,14,15). The van der Waals surface area contributed by atoms with E-state index in [9.17, 15) is 9.18 Å². The molecule has 9 heteroatoms. The number of unbranched alkanes of at least 4 members (excludes halogenated alkanes) is 1. The predicted octanol–water partition coefficient (Wildman–Crippen LogP) is 1.79. The molecular formula is C10H13FN6O2. The number of H-pyrrole nitrogens is 1. The number of rotatable bonds is 5. The van der Waals surface area contributed by atoms with Gasteiger partial charge in [0.25, 0.3) is 5.95 Å². The number of carboxylic acid groups (broad SMARTS) is 1. The van der Waals surface area contributed by atoms with E-state index in [1.807, 2.05) is 12.2 Å². The van der Waals surface area contributed by atoms with E-state index >= 15 is 0 Å². The maximum Gasteiger partial charge on any atom is 0.411 e. The lowest BCUT2D eigenvalue weighted by Gasteiger charge is -2.07. The van der Waals surface area contributed by atoms with Gasteiger partial charge in [0.05, 0.1) is 0 Å². The maximum atomic E-state index is 13.4. The number of anilines is 2. The van der Waals surface area contributed by atoms with Crippen LogP contribution in [0.5, 0.6) is 0 Å². The number of halogens is 1. The summed E-state index contributed by atoms with van der Waals surface area (Å²) in [5, 5.41) is 19.5. The predicted molar refractivity (Wildman–Crippen MR) is 66.7 cm³/mol. The lowest BCUT2D eigenvalue weighted by Crippen LogP contribution is -2.12. The molecule has 2 heterocycles. The molecular weight excluding hydrogens is 255 g/mol. The number of nitrogens with one attached hydrogen (secondary N) is 3. The summed E-state index contributed by atoms with van der Waals surface area (Å²) in [5.41, 5.74) is 0.252. The lowest BCUT2D eigenvalue weighted by atomic mass is 10.3. The minimum absolute atomic E-state index is 0.0576. The first-order chi connectivity index (χ1) is 9.11. The third-order valence-electron chi connectivity index (χ3n) is 2.41. The van der Waals surface area contributed by atoms with Crippen molar-refractivity contribution in [3.63, 3.8) is 0 Å². The van der Waals surface area contributed by atoms with Crippen LogP contribution in [0.15, 0.2) is 0 Å². The van der Waals surface area contributed by atoms with E-state index in [0.29, 0.717) is 17.9 Å². The van der Waals surface area contributed by atoms with Crippen LogP contribution in [0.25, 0.3) is 11.0 Å². The maximum absolute atomic E-state index is 13.4. The average Bonchev–Trinajstić information content (AvgIpc) is 2.71. The number of aromatic nitrogens is 4. The first-order valence-corrected chi connectivity index (χ1v) is 5.77. The van der Waals surface area contributed by atoms with Gasteiger partial charge in [0, 0.05) is 6.54 Å². The van der Waals surface area contributed by atoms with Gasteiger partial charge in [-0.2, -0.15) is 9.37 Å². The number of aromatic amines is 1. The fraction of sp³-hybridized carbons (Fsp3) is 0.400. The number of nitrogens with zero attached hydrogens (tertiary/aromatic N) is 3. The third-order valence-corrected chi connectivity index (χ3v) is 2.41. The summed E-state index contributed by atoms with van der Waals surface area (Å²) >= 11 is 0. The Kier molecular flexibility index (Phi) is 3.74. The van der Waals surface area contributed by atoms with Crippen LogP contribution < -0.4 is 10.6 Å². The molecule has 0 bridgehead atoms. The van der Waals surface area contributed by atoms with Gasteiger partial charge in [-0.1, -0.05) is 13.3 Å². The van der Waals surface area contributed by atoms with Gasteiger partial charge in [-0.25, -0.2) is 9.78 Å². The van der Waals surface area contributed by atoms with Crippen molar-refractivity contribution < 1.29 is 14.3 Å². The van der Waals surface area contributed by atoms with Crippen molar-refractivity contribution in [1.82, 2.24) is 20.2 Å². The zero-order valence-electron chi connectivity index (χ0n) is 10.2. The Hall–Kier alpha value is -2.45. The van der Waals surface area contributed by atoms with Crippen molar-refractivity contribution in [2.24, 2.45) is 0 Å². The Morgan fingerprint density at radius 1 is 1.47 bits per heavy atom. The van der Waals surface area contributed by atoms with Crippen molar-refractivity contribution in [3.05, 3.63) is 5.95 Å². The van der Waals surface area contributed by atoms with Gasteiger partial charge in [0.1, 0.15) is 5.52 Å². The minimum Gasteiger partial charge on any atom is -0.465 e. The molecule has 4 N–H and O–H groups in total. The van der Waals surface area contributed by atoms with Crippen molar-refractivity contribution in [2.75, 3.05) is 17.2 Å². The van der Waals surface area contributed by atoms with Crippen LogP contribution in [0.2, 0.25) is 0 Å². The Morgan fingerprint density at radius 2 is 2.26 bits per heavy atom. The molecule has 0 saturated carbocycles. The summed E-state index contributed by atoms with van der Waals surface area (Å²) in [6.07, 6.45) is 0.575. The molecule has 0 aromatic carbocycles. The Balaban J connectivity index is 2.37. The zero-order valence-corrected chi connectivity index (χ0v) is 10.2. The summed E-state index contributed by atoms with van der Waals surface area (Å²) in [6.45, 7) is 2.67. The molecule has 0 atom stereocenters. The minimum atomic E-state index is -1.32. The second kappa shape index (κ2) is 5.46. The molecule has 2 aromatic rings. The molecule has 0 saturated heterocycles.